The Balaban J connectivity index is 0.000000226. The van der Waals surface area contributed by atoms with Gasteiger partial charge in [0.1, 0.15) is 0 Å². The fourth-order valence-corrected chi connectivity index (χ4v) is 1.23. The smallest absolute Gasteiger partial charge is 0.0943 e. The number of rotatable bonds is 2. The lowest BCUT2D eigenvalue weighted by Gasteiger charge is -2.05. The fraction of sp³-hybridized carbons (Fsp3) is 1.00. The van der Waals surface area contributed by atoms with Crippen LogP contribution in [0.25, 0.3) is 0 Å². The van der Waals surface area contributed by atoms with E-state index in [0.29, 0.717) is 0 Å². The van der Waals surface area contributed by atoms with E-state index in [-0.39, 0.29) is 5.75 Å². The molecule has 13 heavy (non-hydrogen) atoms. The molecule has 1 rings (SSSR count). The van der Waals surface area contributed by atoms with Crippen LogP contribution in [-0.2, 0) is 10.1 Å². The summed E-state index contributed by atoms with van der Waals surface area (Å²) in [7, 11) is -3.91. The lowest BCUT2D eigenvalue weighted by atomic mass is 10.4. The zero-order valence-corrected chi connectivity index (χ0v) is 9.19. The maximum Gasteiger partial charge on any atom is 0.0943 e. The summed E-state index contributed by atoms with van der Waals surface area (Å²) < 4.78 is 28.3. The van der Waals surface area contributed by atoms with Crippen LogP contribution in [0.15, 0.2) is 0 Å². The predicted molar refractivity (Wildman–Crippen MR) is 50.7 cm³/mol. The molecule has 80 valence electrons. The van der Waals surface area contributed by atoms with Gasteiger partial charge in [-0.2, -0.15) is 0 Å². The molecule has 0 radical (unpaired) electrons. The van der Waals surface area contributed by atoms with Crippen molar-refractivity contribution in [3.63, 3.8) is 0 Å². The summed E-state index contributed by atoms with van der Waals surface area (Å²) in [4.78, 5) is 1.79. The van der Waals surface area contributed by atoms with Crippen LogP contribution in [0.3, 0.4) is 0 Å². The van der Waals surface area contributed by atoms with Crippen LogP contribution in [0.2, 0.25) is 0 Å². The van der Waals surface area contributed by atoms with Gasteiger partial charge >= 0.3 is 0 Å². The summed E-state index contributed by atoms with van der Waals surface area (Å²) in [6.07, 6.45) is 2.92. The highest BCUT2D eigenvalue weighted by molar-refractivity contribution is 7.85. The molecule has 1 fully saturated rings. The molecule has 4 nitrogen and oxygen atoms in total. The number of quaternary nitrogens is 1. The van der Waals surface area contributed by atoms with E-state index in [9.17, 15) is 13.0 Å². The second-order valence-electron chi connectivity index (χ2n) is 3.16. The quantitative estimate of drug-likeness (QED) is 0.608. The molecule has 1 heterocycles. The summed E-state index contributed by atoms with van der Waals surface area (Å²) >= 11 is 0. The molecular weight excluding hydrogens is 190 g/mol. The second-order valence-corrected chi connectivity index (χ2v) is 4.85. The summed E-state index contributed by atoms with van der Waals surface area (Å²) in [5.74, 6) is -0.312. The normalized spacial score (nSPS) is 18.1. The molecule has 0 aliphatic carbocycles. The van der Waals surface area contributed by atoms with Gasteiger partial charge < -0.3 is 9.45 Å². The third-order valence-electron chi connectivity index (χ3n) is 2.16. The highest BCUT2D eigenvalue weighted by Gasteiger charge is 2.11. The molecule has 5 heteroatoms. The highest BCUT2D eigenvalue weighted by Crippen LogP contribution is 1.85. The second kappa shape index (κ2) is 6.34. The van der Waals surface area contributed by atoms with E-state index in [1.54, 1.807) is 4.90 Å². The Kier molecular flexibility index (Phi) is 6.28. The molecule has 1 N–H and O–H groups in total. The number of hydrogen-bond acceptors (Lipinski definition) is 3. The Hall–Kier alpha value is -0.130. The maximum absolute atomic E-state index is 9.44. The third kappa shape index (κ3) is 8.21. The van der Waals surface area contributed by atoms with Crippen LogP contribution in [-0.4, -0.2) is 38.4 Å². The molecule has 0 atom stereocenters. The van der Waals surface area contributed by atoms with Crippen LogP contribution in [0.1, 0.15) is 26.7 Å². The van der Waals surface area contributed by atoms with Gasteiger partial charge in [-0.15, -0.1) is 0 Å². The van der Waals surface area contributed by atoms with Crippen molar-refractivity contribution in [2.24, 2.45) is 0 Å². The van der Waals surface area contributed by atoms with Crippen molar-refractivity contribution in [3.05, 3.63) is 0 Å². The molecule has 0 bridgehead atoms. The first kappa shape index (κ1) is 12.9. The van der Waals surface area contributed by atoms with Gasteiger partial charge in [-0.25, -0.2) is 8.42 Å². The Morgan fingerprint density at radius 3 is 1.77 bits per heavy atom. The molecule has 0 aromatic heterocycles. The zero-order chi connectivity index (χ0) is 10.3. The van der Waals surface area contributed by atoms with Crippen molar-refractivity contribution >= 4 is 10.1 Å². The molecule has 0 amide bonds. The van der Waals surface area contributed by atoms with Crippen molar-refractivity contribution in [1.29, 1.82) is 0 Å². The zero-order valence-electron chi connectivity index (χ0n) is 8.38. The highest BCUT2D eigenvalue weighted by atomic mass is 32.2. The molecule has 1 aliphatic rings. The molecule has 1 saturated heterocycles. The molecular formula is C8H19NO3S. The Morgan fingerprint density at radius 1 is 1.23 bits per heavy atom. The van der Waals surface area contributed by atoms with Gasteiger partial charge in [-0.3, -0.25) is 0 Å². The minimum Gasteiger partial charge on any atom is -0.748 e. The van der Waals surface area contributed by atoms with E-state index in [1.807, 2.05) is 0 Å². The van der Waals surface area contributed by atoms with Crippen molar-refractivity contribution in [2.45, 2.75) is 26.7 Å². The topological polar surface area (TPSA) is 61.6 Å². The van der Waals surface area contributed by atoms with Crippen molar-refractivity contribution in [2.75, 3.05) is 25.4 Å². The average Bonchev–Trinajstić information content (AvgIpc) is 2.56. The minimum atomic E-state index is -3.91. The largest absolute Gasteiger partial charge is 0.748 e. The summed E-state index contributed by atoms with van der Waals surface area (Å²) in [5.41, 5.74) is 0. The summed E-state index contributed by atoms with van der Waals surface area (Å²) in [5, 5.41) is 0. The molecule has 0 saturated carbocycles. The third-order valence-corrected chi connectivity index (χ3v) is 2.87. The van der Waals surface area contributed by atoms with Crippen molar-refractivity contribution in [3.8, 4) is 0 Å². The van der Waals surface area contributed by atoms with Gasteiger partial charge in [-0.1, -0.05) is 6.92 Å². The lowest BCUT2D eigenvalue weighted by molar-refractivity contribution is -0.885. The Labute approximate surface area is 80.7 Å². The van der Waals surface area contributed by atoms with Gasteiger partial charge in [0.25, 0.3) is 0 Å². The van der Waals surface area contributed by atoms with Crippen LogP contribution in [0, 0.1) is 0 Å². The first-order chi connectivity index (χ1) is 5.99. The first-order valence-electron chi connectivity index (χ1n) is 4.76. The van der Waals surface area contributed by atoms with E-state index >= 15 is 0 Å². The molecule has 1 aliphatic heterocycles. The van der Waals surface area contributed by atoms with Crippen LogP contribution >= 0.6 is 0 Å². The summed E-state index contributed by atoms with van der Waals surface area (Å²) in [6, 6.07) is 0. The van der Waals surface area contributed by atoms with Gasteiger partial charge in [0.2, 0.25) is 0 Å². The van der Waals surface area contributed by atoms with Crippen LogP contribution in [0.5, 0.6) is 0 Å². The maximum atomic E-state index is 9.44. The van der Waals surface area contributed by atoms with E-state index in [4.69, 9.17) is 0 Å². The predicted octanol–water partition coefficient (Wildman–Crippen LogP) is -0.763. The first-order valence-corrected chi connectivity index (χ1v) is 6.34. The SMILES string of the molecule is CCS(=O)(=O)[O-].CC[NH+]1CCCC1. The van der Waals surface area contributed by atoms with E-state index in [1.165, 1.54) is 39.4 Å². The molecule has 0 unspecified atom stereocenters. The van der Waals surface area contributed by atoms with E-state index in [0.717, 1.165) is 0 Å². The van der Waals surface area contributed by atoms with Gasteiger partial charge in [0.05, 0.1) is 29.8 Å². The van der Waals surface area contributed by atoms with Crippen LogP contribution < -0.4 is 4.90 Å². The van der Waals surface area contributed by atoms with Crippen molar-refractivity contribution in [1.82, 2.24) is 0 Å². The monoisotopic (exact) mass is 209 g/mol. The molecule has 0 aromatic rings. The fourth-order valence-electron chi connectivity index (χ4n) is 1.23. The van der Waals surface area contributed by atoms with Crippen molar-refractivity contribution < 1.29 is 17.9 Å². The number of likely N-dealkylation sites (tertiary alicyclic amines) is 1. The lowest BCUT2D eigenvalue weighted by Crippen LogP contribution is -3.09. The van der Waals surface area contributed by atoms with Gasteiger partial charge in [0, 0.05) is 18.6 Å². The van der Waals surface area contributed by atoms with Gasteiger partial charge in [0.15, 0.2) is 0 Å². The average molecular weight is 209 g/mol. The number of nitrogens with one attached hydrogen (secondary N) is 1. The van der Waals surface area contributed by atoms with E-state index < -0.39 is 10.1 Å². The molecule has 0 aromatic carbocycles. The molecule has 0 spiro atoms. The number of hydrogen-bond donors (Lipinski definition) is 1. The van der Waals surface area contributed by atoms with Crippen LogP contribution in [0.4, 0.5) is 0 Å². The summed E-state index contributed by atoms with van der Waals surface area (Å²) in [6.45, 7) is 7.76. The minimum absolute atomic E-state index is 0.312. The standard InChI is InChI=1S/C6H13N.C2H6O3S/c1-2-7-5-3-4-6-7;1-2-6(3,4)5/h2-6H2,1H3;2H2,1H3,(H,3,4,5). The van der Waals surface area contributed by atoms with Gasteiger partial charge in [-0.05, 0) is 6.92 Å². The Bertz CT molecular complexity index is 207. The van der Waals surface area contributed by atoms with E-state index in [2.05, 4.69) is 6.92 Å². The Morgan fingerprint density at radius 2 is 1.62 bits per heavy atom.